The van der Waals surface area contributed by atoms with E-state index in [-0.39, 0.29) is 0 Å². The Morgan fingerprint density at radius 2 is 2.05 bits per heavy atom. The van der Waals surface area contributed by atoms with Gasteiger partial charge in [0.1, 0.15) is 5.76 Å². The van der Waals surface area contributed by atoms with Gasteiger partial charge in [0.15, 0.2) is 0 Å². The van der Waals surface area contributed by atoms with Crippen LogP contribution in [0.25, 0.3) is 0 Å². The molecular formula is C18H30N2O. The third-order valence-electron chi connectivity index (χ3n) is 6.17. The van der Waals surface area contributed by atoms with E-state index in [9.17, 15) is 0 Å². The fourth-order valence-electron chi connectivity index (χ4n) is 3.93. The van der Waals surface area contributed by atoms with Crippen LogP contribution in [0.2, 0.25) is 0 Å². The molecular weight excluding hydrogens is 260 g/mol. The summed E-state index contributed by atoms with van der Waals surface area (Å²) in [6, 6.07) is 5.24. The van der Waals surface area contributed by atoms with Gasteiger partial charge in [-0.1, -0.05) is 20.8 Å². The molecule has 0 bridgehead atoms. The van der Waals surface area contributed by atoms with Crippen molar-refractivity contribution >= 4 is 0 Å². The van der Waals surface area contributed by atoms with E-state index in [1.54, 1.807) is 6.26 Å². The number of nitrogens with zero attached hydrogens (tertiary/aromatic N) is 1. The number of hydrogen-bond acceptors (Lipinski definition) is 3. The Kier molecular flexibility index (Phi) is 4.15. The van der Waals surface area contributed by atoms with Gasteiger partial charge < -0.3 is 10.2 Å². The van der Waals surface area contributed by atoms with Gasteiger partial charge in [-0.2, -0.15) is 0 Å². The van der Waals surface area contributed by atoms with Gasteiger partial charge in [0.05, 0.1) is 12.8 Å². The van der Waals surface area contributed by atoms with Crippen molar-refractivity contribution < 1.29 is 4.42 Å². The van der Waals surface area contributed by atoms with Crippen LogP contribution in [0.1, 0.15) is 52.2 Å². The first-order valence-electron chi connectivity index (χ1n) is 8.50. The largest absolute Gasteiger partial charge is 0.468 e. The molecule has 3 unspecified atom stereocenters. The lowest BCUT2D eigenvalue weighted by molar-refractivity contribution is 0.0234. The molecule has 3 rings (SSSR count). The Labute approximate surface area is 128 Å². The van der Waals surface area contributed by atoms with Gasteiger partial charge in [-0.3, -0.25) is 4.90 Å². The van der Waals surface area contributed by atoms with Gasteiger partial charge in [-0.05, 0) is 55.1 Å². The highest BCUT2D eigenvalue weighted by Crippen LogP contribution is 2.45. The highest BCUT2D eigenvalue weighted by molar-refractivity contribution is 5.01. The molecule has 2 saturated carbocycles. The monoisotopic (exact) mass is 290 g/mol. The lowest BCUT2D eigenvalue weighted by Crippen LogP contribution is -2.50. The molecule has 0 spiro atoms. The van der Waals surface area contributed by atoms with E-state index < -0.39 is 0 Å². The summed E-state index contributed by atoms with van der Waals surface area (Å²) >= 11 is 0. The molecule has 1 heterocycles. The van der Waals surface area contributed by atoms with Gasteiger partial charge in [0, 0.05) is 18.6 Å². The van der Waals surface area contributed by atoms with Crippen LogP contribution in [0.5, 0.6) is 0 Å². The third-order valence-corrected chi connectivity index (χ3v) is 6.17. The van der Waals surface area contributed by atoms with E-state index >= 15 is 0 Å². The summed E-state index contributed by atoms with van der Waals surface area (Å²) in [4.78, 5) is 2.65. The second-order valence-corrected chi connectivity index (χ2v) is 7.79. The van der Waals surface area contributed by atoms with Crippen molar-refractivity contribution in [2.24, 2.45) is 23.0 Å². The van der Waals surface area contributed by atoms with E-state index in [0.717, 1.165) is 24.3 Å². The molecule has 0 radical (unpaired) electrons. The number of furan rings is 1. The van der Waals surface area contributed by atoms with Crippen LogP contribution in [-0.2, 0) is 6.54 Å². The van der Waals surface area contributed by atoms with Gasteiger partial charge in [-0.25, -0.2) is 0 Å². The minimum atomic E-state index is 0.327. The zero-order chi connectivity index (χ0) is 15.0. The maximum atomic E-state index is 6.30. The first-order chi connectivity index (χ1) is 9.98. The minimum absolute atomic E-state index is 0.327. The fraction of sp³-hybridized carbons (Fsp3) is 0.778. The maximum Gasteiger partial charge on any atom is 0.117 e. The van der Waals surface area contributed by atoms with E-state index in [1.807, 2.05) is 6.07 Å². The smallest absolute Gasteiger partial charge is 0.117 e. The van der Waals surface area contributed by atoms with Crippen molar-refractivity contribution in [1.29, 1.82) is 0 Å². The molecule has 21 heavy (non-hydrogen) atoms. The number of rotatable bonds is 5. The number of nitrogens with two attached hydrogens (primary N) is 1. The predicted molar refractivity (Wildman–Crippen MR) is 85.8 cm³/mol. The molecule has 2 aliphatic carbocycles. The molecule has 2 aliphatic rings. The zero-order valence-corrected chi connectivity index (χ0v) is 13.7. The molecule has 0 aromatic carbocycles. The standard InChI is InChI=1S/C18H30N2O/c1-13-17(19)9-6-14(18(13,2)3)11-20(15-7-8-15)12-16-5-4-10-21-16/h4-5,10,13-15,17H,6-9,11-12,19H2,1-3H3. The van der Waals surface area contributed by atoms with Crippen LogP contribution in [0.15, 0.2) is 22.8 Å². The third kappa shape index (κ3) is 3.19. The highest BCUT2D eigenvalue weighted by Gasteiger charge is 2.43. The van der Waals surface area contributed by atoms with Crippen molar-refractivity contribution in [3.05, 3.63) is 24.2 Å². The van der Waals surface area contributed by atoms with Crippen LogP contribution in [0, 0.1) is 17.3 Å². The quantitative estimate of drug-likeness (QED) is 0.900. The molecule has 2 fully saturated rings. The lowest BCUT2D eigenvalue weighted by atomic mass is 9.61. The second kappa shape index (κ2) is 5.77. The van der Waals surface area contributed by atoms with Gasteiger partial charge in [-0.15, -0.1) is 0 Å². The van der Waals surface area contributed by atoms with Crippen molar-refractivity contribution in [3.63, 3.8) is 0 Å². The fourth-order valence-corrected chi connectivity index (χ4v) is 3.93. The van der Waals surface area contributed by atoms with Gasteiger partial charge in [0.2, 0.25) is 0 Å². The van der Waals surface area contributed by atoms with Gasteiger partial charge in [0.25, 0.3) is 0 Å². The average molecular weight is 290 g/mol. The number of hydrogen-bond donors (Lipinski definition) is 1. The van der Waals surface area contributed by atoms with Gasteiger partial charge >= 0.3 is 0 Å². The van der Waals surface area contributed by atoms with E-state index in [0.29, 0.717) is 17.4 Å². The first-order valence-corrected chi connectivity index (χ1v) is 8.50. The molecule has 0 aliphatic heterocycles. The van der Waals surface area contributed by atoms with Crippen LogP contribution >= 0.6 is 0 Å². The summed E-state index contributed by atoms with van der Waals surface area (Å²) in [5, 5.41) is 0. The van der Waals surface area contributed by atoms with Crippen molar-refractivity contribution in [3.8, 4) is 0 Å². The molecule has 118 valence electrons. The molecule has 1 aromatic heterocycles. The van der Waals surface area contributed by atoms with E-state index in [1.165, 1.54) is 32.2 Å². The molecule has 3 heteroatoms. The Hall–Kier alpha value is -0.800. The Morgan fingerprint density at radius 3 is 2.67 bits per heavy atom. The first kappa shape index (κ1) is 15.1. The molecule has 3 nitrogen and oxygen atoms in total. The Balaban J connectivity index is 1.67. The maximum absolute atomic E-state index is 6.30. The SMILES string of the molecule is CC1C(N)CCC(CN(Cc2ccco2)C2CC2)C1(C)C. The van der Waals surface area contributed by atoms with Crippen molar-refractivity contribution in [1.82, 2.24) is 4.90 Å². The van der Waals surface area contributed by atoms with Crippen LogP contribution < -0.4 is 5.73 Å². The summed E-state index contributed by atoms with van der Waals surface area (Å²) < 4.78 is 5.56. The lowest BCUT2D eigenvalue weighted by Gasteiger charge is -2.48. The van der Waals surface area contributed by atoms with Crippen LogP contribution in [0.4, 0.5) is 0 Å². The van der Waals surface area contributed by atoms with Crippen LogP contribution in [0.3, 0.4) is 0 Å². The molecule has 1 aromatic rings. The second-order valence-electron chi connectivity index (χ2n) is 7.79. The topological polar surface area (TPSA) is 42.4 Å². The highest BCUT2D eigenvalue weighted by atomic mass is 16.3. The van der Waals surface area contributed by atoms with Crippen LogP contribution in [-0.4, -0.2) is 23.5 Å². The van der Waals surface area contributed by atoms with E-state index in [2.05, 4.69) is 31.7 Å². The van der Waals surface area contributed by atoms with E-state index in [4.69, 9.17) is 10.2 Å². The molecule has 3 atom stereocenters. The summed E-state index contributed by atoms with van der Waals surface area (Å²) in [5.41, 5.74) is 6.63. The Bertz CT molecular complexity index is 450. The minimum Gasteiger partial charge on any atom is -0.468 e. The molecule has 0 amide bonds. The summed E-state index contributed by atoms with van der Waals surface area (Å²) in [6.45, 7) is 9.32. The van der Waals surface area contributed by atoms with Crippen molar-refractivity contribution in [2.75, 3.05) is 6.54 Å². The summed E-state index contributed by atoms with van der Waals surface area (Å²) in [5.74, 6) is 2.43. The molecule has 0 saturated heterocycles. The average Bonchev–Trinajstić information content (AvgIpc) is 3.17. The predicted octanol–water partition coefficient (Wildman–Crippen LogP) is 3.64. The zero-order valence-electron chi connectivity index (χ0n) is 13.7. The summed E-state index contributed by atoms with van der Waals surface area (Å²) in [6.07, 6.45) is 6.92. The summed E-state index contributed by atoms with van der Waals surface area (Å²) in [7, 11) is 0. The normalized spacial score (nSPS) is 32.5. The molecule has 2 N–H and O–H groups in total. The Morgan fingerprint density at radius 1 is 1.29 bits per heavy atom. The van der Waals surface area contributed by atoms with Crippen molar-refractivity contribution in [2.45, 2.75) is 65.1 Å².